The van der Waals surface area contributed by atoms with E-state index in [9.17, 15) is 0 Å². The highest BCUT2D eigenvalue weighted by Gasteiger charge is 2.32. The number of aromatic nitrogens is 5. The molecule has 27 heavy (non-hydrogen) atoms. The zero-order chi connectivity index (χ0) is 18.4. The van der Waals surface area contributed by atoms with Gasteiger partial charge in [0.05, 0.1) is 23.1 Å². The Hall–Kier alpha value is -2.36. The van der Waals surface area contributed by atoms with Crippen molar-refractivity contribution in [2.24, 2.45) is 13.0 Å². The standard InChI is InChI=1S/C18H22N8S/c1-24-11-13(9-22-24)15-10-21-18-17(20-5-6-26(15)18)23-16-7-14(25(2)27-16)12-3-4-19-8-12/h5-7,9-12,14,19H,3-4,8H2,1-2H3,(H,20,23). The highest BCUT2D eigenvalue weighted by molar-refractivity contribution is 8.01. The van der Waals surface area contributed by atoms with E-state index in [0.717, 1.165) is 40.8 Å². The molecule has 0 saturated carbocycles. The van der Waals surface area contributed by atoms with Crippen LogP contribution in [-0.4, -0.2) is 54.6 Å². The van der Waals surface area contributed by atoms with Crippen LogP contribution in [0.25, 0.3) is 16.9 Å². The average molecular weight is 382 g/mol. The number of nitrogens with zero attached hydrogens (tertiary/aromatic N) is 6. The lowest BCUT2D eigenvalue weighted by molar-refractivity contribution is 0.363. The number of fused-ring (bicyclic) bond motifs is 1. The Morgan fingerprint density at radius 3 is 2.96 bits per heavy atom. The molecule has 140 valence electrons. The van der Waals surface area contributed by atoms with Gasteiger partial charge in [-0.1, -0.05) is 0 Å². The Morgan fingerprint density at radius 1 is 1.26 bits per heavy atom. The fraction of sp³-hybridized carbons (Fsp3) is 0.389. The largest absolute Gasteiger partial charge is 0.331 e. The summed E-state index contributed by atoms with van der Waals surface area (Å²) in [6.45, 7) is 2.20. The molecule has 0 aromatic carbocycles. The van der Waals surface area contributed by atoms with Crippen molar-refractivity contribution in [3.05, 3.63) is 42.1 Å². The van der Waals surface area contributed by atoms with Gasteiger partial charge in [0, 0.05) is 37.2 Å². The van der Waals surface area contributed by atoms with Crippen LogP contribution in [0.2, 0.25) is 0 Å². The molecule has 0 radical (unpaired) electrons. The molecule has 1 saturated heterocycles. The molecule has 8 nitrogen and oxygen atoms in total. The summed E-state index contributed by atoms with van der Waals surface area (Å²) in [5.74, 6) is 1.43. The minimum absolute atomic E-state index is 0.443. The van der Waals surface area contributed by atoms with E-state index in [-0.39, 0.29) is 0 Å². The number of aryl methyl sites for hydroxylation is 1. The molecule has 2 atom stereocenters. The van der Waals surface area contributed by atoms with Crippen molar-refractivity contribution in [2.75, 3.05) is 25.5 Å². The first kappa shape index (κ1) is 16.8. The van der Waals surface area contributed by atoms with Crippen LogP contribution in [0.3, 0.4) is 0 Å². The maximum Gasteiger partial charge on any atom is 0.180 e. The van der Waals surface area contributed by atoms with Crippen molar-refractivity contribution in [2.45, 2.75) is 12.5 Å². The second-order valence-electron chi connectivity index (χ2n) is 7.05. The molecule has 2 N–H and O–H groups in total. The molecule has 0 spiro atoms. The first-order chi connectivity index (χ1) is 13.2. The Morgan fingerprint density at radius 2 is 2.19 bits per heavy atom. The van der Waals surface area contributed by atoms with Gasteiger partial charge in [-0.15, -0.1) is 0 Å². The van der Waals surface area contributed by atoms with Crippen molar-refractivity contribution in [3.63, 3.8) is 0 Å². The van der Waals surface area contributed by atoms with Gasteiger partial charge < -0.3 is 10.6 Å². The molecule has 5 heterocycles. The predicted octanol–water partition coefficient (Wildman–Crippen LogP) is 1.95. The van der Waals surface area contributed by atoms with E-state index < -0.39 is 0 Å². The van der Waals surface area contributed by atoms with Crippen molar-refractivity contribution in [1.82, 2.24) is 33.8 Å². The Labute approximate surface area is 161 Å². The third-order valence-corrected chi connectivity index (χ3v) is 6.20. The molecule has 2 unspecified atom stereocenters. The van der Waals surface area contributed by atoms with E-state index >= 15 is 0 Å². The molecule has 0 amide bonds. The van der Waals surface area contributed by atoms with E-state index in [1.807, 2.05) is 31.8 Å². The van der Waals surface area contributed by atoms with Gasteiger partial charge in [-0.05, 0) is 50.5 Å². The quantitative estimate of drug-likeness (QED) is 0.668. The zero-order valence-electron chi connectivity index (χ0n) is 15.3. The first-order valence-electron chi connectivity index (χ1n) is 9.10. The minimum atomic E-state index is 0.443. The molecular weight excluding hydrogens is 360 g/mol. The molecule has 3 aromatic rings. The number of hydrogen-bond donors (Lipinski definition) is 2. The van der Waals surface area contributed by atoms with Crippen LogP contribution in [0, 0.1) is 5.92 Å². The van der Waals surface area contributed by atoms with E-state index in [1.165, 1.54) is 6.42 Å². The zero-order valence-corrected chi connectivity index (χ0v) is 16.1. The number of hydrogen-bond acceptors (Lipinski definition) is 7. The number of anilines is 1. The lowest BCUT2D eigenvalue weighted by atomic mass is 9.99. The van der Waals surface area contributed by atoms with Crippen LogP contribution in [0.1, 0.15) is 6.42 Å². The fourth-order valence-corrected chi connectivity index (χ4v) is 4.87. The first-order valence-corrected chi connectivity index (χ1v) is 9.88. The third kappa shape index (κ3) is 3.01. The van der Waals surface area contributed by atoms with E-state index in [1.54, 1.807) is 22.8 Å². The number of likely N-dealkylation sites (N-methyl/N-ethyl adjacent to an activating group) is 1. The number of rotatable bonds is 4. The maximum atomic E-state index is 4.60. The molecule has 0 aliphatic carbocycles. The van der Waals surface area contributed by atoms with Gasteiger partial charge in [0.25, 0.3) is 0 Å². The van der Waals surface area contributed by atoms with E-state index in [4.69, 9.17) is 0 Å². The Balaban J connectivity index is 1.44. The highest BCUT2D eigenvalue weighted by Crippen LogP contribution is 2.36. The molecule has 9 heteroatoms. The molecule has 0 bridgehead atoms. The van der Waals surface area contributed by atoms with Crippen LogP contribution < -0.4 is 10.6 Å². The van der Waals surface area contributed by atoms with Crippen LogP contribution in [0.15, 0.2) is 42.1 Å². The highest BCUT2D eigenvalue weighted by atomic mass is 32.2. The maximum absolute atomic E-state index is 4.60. The summed E-state index contributed by atoms with van der Waals surface area (Å²) < 4.78 is 6.17. The monoisotopic (exact) mass is 382 g/mol. The summed E-state index contributed by atoms with van der Waals surface area (Å²) in [7, 11) is 4.07. The summed E-state index contributed by atoms with van der Waals surface area (Å²) in [4.78, 5) is 9.13. The Kier molecular flexibility index (Phi) is 4.14. The van der Waals surface area contributed by atoms with Crippen LogP contribution >= 0.6 is 11.9 Å². The van der Waals surface area contributed by atoms with Crippen LogP contribution in [0.5, 0.6) is 0 Å². The molecule has 5 rings (SSSR count). The lowest BCUT2D eigenvalue weighted by Gasteiger charge is -2.22. The normalized spacial score (nSPS) is 23.3. The van der Waals surface area contributed by atoms with Gasteiger partial charge in [-0.3, -0.25) is 9.08 Å². The van der Waals surface area contributed by atoms with E-state index in [0.29, 0.717) is 12.0 Å². The van der Waals surface area contributed by atoms with E-state index in [2.05, 4.69) is 47.5 Å². The molecule has 2 aliphatic rings. The van der Waals surface area contributed by atoms with Crippen molar-refractivity contribution in [1.29, 1.82) is 0 Å². The smallest absolute Gasteiger partial charge is 0.180 e. The number of imidazole rings is 1. The SMILES string of the molecule is CN1SC(Nc2nccn3c(-c4cnn(C)c4)cnc23)=CC1C1CCNC1. The summed E-state index contributed by atoms with van der Waals surface area (Å²) in [5, 5.41) is 12.3. The molecule has 3 aromatic heterocycles. The topological polar surface area (TPSA) is 75.3 Å². The third-order valence-electron chi connectivity index (χ3n) is 5.24. The van der Waals surface area contributed by atoms with Gasteiger partial charge in [0.1, 0.15) is 0 Å². The van der Waals surface area contributed by atoms with Gasteiger partial charge in [-0.25, -0.2) is 14.3 Å². The minimum Gasteiger partial charge on any atom is -0.331 e. The van der Waals surface area contributed by atoms with Crippen molar-refractivity contribution in [3.8, 4) is 11.3 Å². The second kappa shape index (κ2) is 6.66. The van der Waals surface area contributed by atoms with Crippen molar-refractivity contribution < 1.29 is 0 Å². The van der Waals surface area contributed by atoms with Crippen LogP contribution in [0.4, 0.5) is 5.82 Å². The molecular formula is C18H22N8S. The second-order valence-corrected chi connectivity index (χ2v) is 8.25. The summed E-state index contributed by atoms with van der Waals surface area (Å²) >= 11 is 1.74. The summed E-state index contributed by atoms with van der Waals surface area (Å²) in [6.07, 6.45) is 13.0. The van der Waals surface area contributed by atoms with Crippen molar-refractivity contribution >= 4 is 23.4 Å². The Bertz CT molecular complexity index is 1000. The molecule has 2 aliphatic heterocycles. The molecule has 1 fully saturated rings. The lowest BCUT2D eigenvalue weighted by Crippen LogP contribution is -2.30. The number of nitrogens with one attached hydrogen (secondary N) is 2. The van der Waals surface area contributed by atoms with Gasteiger partial charge in [0.15, 0.2) is 11.5 Å². The summed E-state index contributed by atoms with van der Waals surface area (Å²) in [5.41, 5.74) is 2.85. The fourth-order valence-electron chi connectivity index (χ4n) is 3.86. The summed E-state index contributed by atoms with van der Waals surface area (Å²) in [6, 6.07) is 0.443. The van der Waals surface area contributed by atoms with Crippen LogP contribution in [-0.2, 0) is 7.05 Å². The predicted molar refractivity (Wildman–Crippen MR) is 107 cm³/mol. The van der Waals surface area contributed by atoms with Gasteiger partial charge in [-0.2, -0.15) is 5.10 Å². The van der Waals surface area contributed by atoms with Gasteiger partial charge >= 0.3 is 0 Å². The average Bonchev–Trinajstić information content (AvgIpc) is 3.41. The van der Waals surface area contributed by atoms with Gasteiger partial charge in [0.2, 0.25) is 0 Å².